The van der Waals surface area contributed by atoms with Crippen molar-refractivity contribution in [1.29, 1.82) is 0 Å². The average Bonchev–Trinajstić information content (AvgIpc) is 3.52. The minimum Gasteiger partial charge on any atom is -0.455 e. The molecule has 61 heavy (non-hydrogen) atoms. The van der Waals surface area contributed by atoms with E-state index in [0.29, 0.717) is 25.7 Å². The minimum atomic E-state index is -1.63. The minimum absolute atomic E-state index is 0.0638. The first-order chi connectivity index (χ1) is 28.3. The lowest BCUT2D eigenvalue weighted by Gasteiger charge is -2.65. The largest absolute Gasteiger partial charge is 0.455 e. The van der Waals surface area contributed by atoms with Gasteiger partial charge in [0.2, 0.25) is 0 Å². The number of aliphatic hydroxyl groups excluding tert-OH is 6. The highest BCUT2D eigenvalue weighted by Gasteiger charge is 2.85. The van der Waals surface area contributed by atoms with Gasteiger partial charge in [0.25, 0.3) is 0 Å². The van der Waals surface area contributed by atoms with Gasteiger partial charge in [-0.2, -0.15) is 0 Å². The third kappa shape index (κ3) is 6.89. The number of carbonyl (C=O) groups is 2. The van der Waals surface area contributed by atoms with E-state index in [9.17, 15) is 45.3 Å². The Bertz CT molecular complexity index is 1680. The Morgan fingerprint density at radius 3 is 2.05 bits per heavy atom. The molecule has 16 nitrogen and oxygen atoms in total. The molecule has 21 atom stereocenters. The molecule has 0 bridgehead atoms. The molecule has 0 aromatic heterocycles. The zero-order valence-corrected chi connectivity index (χ0v) is 37.3. The van der Waals surface area contributed by atoms with Crippen LogP contribution in [0.3, 0.4) is 0 Å². The van der Waals surface area contributed by atoms with Crippen molar-refractivity contribution < 1.29 is 78.5 Å². The Hall–Kier alpha value is -1.54. The van der Waals surface area contributed by atoms with E-state index in [2.05, 4.69) is 34.6 Å². The Morgan fingerprint density at radius 2 is 1.43 bits per heavy atom. The van der Waals surface area contributed by atoms with Crippen LogP contribution < -0.4 is 0 Å². The summed E-state index contributed by atoms with van der Waals surface area (Å²) in [5.41, 5.74) is -3.46. The second-order valence-electron chi connectivity index (χ2n) is 22.2. The van der Waals surface area contributed by atoms with Gasteiger partial charge in [-0.25, -0.2) is 0 Å². The zero-order valence-electron chi connectivity index (χ0n) is 37.3. The van der Waals surface area contributed by atoms with Crippen LogP contribution in [0.5, 0.6) is 0 Å². The molecule has 0 amide bonds. The van der Waals surface area contributed by atoms with Gasteiger partial charge in [-0.15, -0.1) is 0 Å². The average molecular weight is 869 g/mol. The molecule has 3 heterocycles. The van der Waals surface area contributed by atoms with Crippen LogP contribution >= 0.6 is 0 Å². The second-order valence-corrected chi connectivity index (χ2v) is 22.2. The predicted octanol–water partition coefficient (Wildman–Crippen LogP) is 1.87. The van der Waals surface area contributed by atoms with E-state index >= 15 is 0 Å². The van der Waals surface area contributed by atoms with Gasteiger partial charge in [0.1, 0.15) is 30.5 Å². The lowest BCUT2D eigenvalue weighted by molar-refractivity contribution is -0.339. The number of hydrogen-bond acceptors (Lipinski definition) is 16. The van der Waals surface area contributed by atoms with Crippen molar-refractivity contribution >= 4 is 11.9 Å². The zero-order chi connectivity index (χ0) is 44.6. The summed E-state index contributed by atoms with van der Waals surface area (Å²) >= 11 is 0. The van der Waals surface area contributed by atoms with Crippen LogP contribution in [0.1, 0.15) is 120 Å². The van der Waals surface area contributed by atoms with Crippen LogP contribution in [-0.2, 0) is 42.7 Å². The fourth-order valence-corrected chi connectivity index (χ4v) is 15.5. The second kappa shape index (κ2) is 15.3. The van der Waals surface area contributed by atoms with E-state index in [4.69, 9.17) is 33.2 Å². The highest BCUT2D eigenvalue weighted by atomic mass is 16.7. The fraction of sp³-hybridized carbons (Fsp3) is 0.956. The molecule has 16 heteroatoms. The van der Waals surface area contributed by atoms with Crippen molar-refractivity contribution in [3.63, 3.8) is 0 Å². The molecule has 5 saturated carbocycles. The van der Waals surface area contributed by atoms with Crippen molar-refractivity contribution in [2.75, 3.05) is 13.2 Å². The molecule has 5 aliphatic carbocycles. The first-order valence-electron chi connectivity index (χ1n) is 22.6. The highest BCUT2D eigenvalue weighted by molar-refractivity contribution is 5.67. The summed E-state index contributed by atoms with van der Waals surface area (Å²) in [6, 6.07) is 0. The van der Waals surface area contributed by atoms with Crippen molar-refractivity contribution in [1.82, 2.24) is 0 Å². The van der Waals surface area contributed by atoms with Crippen LogP contribution in [0.2, 0.25) is 0 Å². The van der Waals surface area contributed by atoms with E-state index in [1.165, 1.54) is 13.8 Å². The van der Waals surface area contributed by atoms with Crippen LogP contribution in [-0.4, -0.2) is 152 Å². The third-order valence-electron chi connectivity index (χ3n) is 18.2. The lowest BCUT2D eigenvalue weighted by atomic mass is 9.41. The summed E-state index contributed by atoms with van der Waals surface area (Å²) in [6.07, 6.45) is -7.80. The quantitative estimate of drug-likeness (QED) is 0.129. The van der Waals surface area contributed by atoms with Gasteiger partial charge < -0.3 is 68.9 Å². The van der Waals surface area contributed by atoms with Gasteiger partial charge in [0, 0.05) is 19.8 Å². The lowest BCUT2D eigenvalue weighted by Crippen LogP contribution is -2.65. The predicted molar refractivity (Wildman–Crippen MR) is 213 cm³/mol. The molecule has 8 fully saturated rings. The standard InChI is InChI=1S/C45H72O16/c1-21(47)56-33-24(50)19-55-38(34(33)57-22(2)48)60-28-11-13-45-20-44(45)15-14-41(7)35(43(9)12-10-29(61-43)40(5,6)54)23(49)17-42(41,8)27(44)16-25(36(45)39(28,3)4)58-37-32(53)31(52)30(51)26(18-46)59-37/h23-38,46,49-54H,10-20H2,1-9H3/t23-,24+,25-,26+,27-,28+,29+,30-,31-,32-,33-,34-,35+,36+,37+,38+,41+,42-,43-,44-,45+/m0/s1. The van der Waals surface area contributed by atoms with Gasteiger partial charge in [0.15, 0.2) is 24.8 Å². The Kier molecular flexibility index (Phi) is 11.5. The summed E-state index contributed by atoms with van der Waals surface area (Å²) in [7, 11) is 0. The summed E-state index contributed by atoms with van der Waals surface area (Å²) in [6.45, 7) is 16.1. The maximum absolute atomic E-state index is 12.4. The summed E-state index contributed by atoms with van der Waals surface area (Å²) in [5, 5.41) is 77.1. The molecule has 7 N–H and O–H groups in total. The summed E-state index contributed by atoms with van der Waals surface area (Å²) in [4.78, 5) is 24.5. The van der Waals surface area contributed by atoms with Crippen molar-refractivity contribution in [2.24, 2.45) is 44.8 Å². The van der Waals surface area contributed by atoms with Gasteiger partial charge >= 0.3 is 11.9 Å². The normalized spacial score (nSPS) is 53.8. The van der Waals surface area contributed by atoms with E-state index in [1.807, 2.05) is 0 Å². The third-order valence-corrected chi connectivity index (χ3v) is 18.2. The van der Waals surface area contributed by atoms with Crippen LogP contribution in [0, 0.1) is 44.8 Å². The molecule has 0 radical (unpaired) electrons. The van der Waals surface area contributed by atoms with Crippen LogP contribution in [0.15, 0.2) is 0 Å². The number of ether oxygens (including phenoxy) is 7. The van der Waals surface area contributed by atoms with E-state index in [0.717, 1.165) is 32.1 Å². The first kappa shape index (κ1) is 46.0. The molecule has 8 rings (SSSR count). The van der Waals surface area contributed by atoms with Crippen LogP contribution in [0.25, 0.3) is 0 Å². The molecule has 2 spiro atoms. The maximum Gasteiger partial charge on any atom is 0.303 e. The molecule has 348 valence electrons. The summed E-state index contributed by atoms with van der Waals surface area (Å²) < 4.78 is 43.6. The van der Waals surface area contributed by atoms with Gasteiger partial charge in [0.05, 0.1) is 48.8 Å². The molecule has 0 aromatic carbocycles. The van der Waals surface area contributed by atoms with Crippen molar-refractivity contribution in [3.05, 3.63) is 0 Å². The number of hydrogen-bond donors (Lipinski definition) is 7. The SMILES string of the molecule is CC(=O)O[C@@H]1[C@@H](O[C@@H]2CC[C@]34C[C@]35CC[C@]3(C)[C@H]([C@]6(C)CC[C@H](C(C)(C)O)O6)[C@@H](O)C[C@@]3(C)[C@@H]5C[C@H](O[C@@H]3O[C@H](CO)[C@H](O)[C@H](O)[C@@H]3O)[C@@H]4C2(C)C)OC[C@@H](O)[C@@H]1OC(C)=O. The highest BCUT2D eigenvalue weighted by Crippen LogP contribution is 2.89. The molecule has 3 saturated heterocycles. The van der Waals surface area contributed by atoms with Crippen molar-refractivity contribution in [3.8, 4) is 0 Å². The number of fused-ring (bicyclic) bond motifs is 2. The molecule has 3 aliphatic heterocycles. The molecular formula is C45H72O16. The first-order valence-corrected chi connectivity index (χ1v) is 22.6. The number of rotatable bonds is 9. The molecule has 0 unspecified atom stereocenters. The molecule has 8 aliphatic rings. The smallest absolute Gasteiger partial charge is 0.303 e. The van der Waals surface area contributed by atoms with E-state index in [-0.39, 0.29) is 52.1 Å². The van der Waals surface area contributed by atoms with Crippen LogP contribution in [0.4, 0.5) is 0 Å². The number of esters is 2. The van der Waals surface area contributed by atoms with E-state index < -0.39 is 109 Å². The molecular weight excluding hydrogens is 796 g/mol. The Morgan fingerprint density at radius 1 is 0.754 bits per heavy atom. The maximum atomic E-state index is 12.4. The fourth-order valence-electron chi connectivity index (χ4n) is 15.5. The van der Waals surface area contributed by atoms with E-state index in [1.54, 1.807) is 13.8 Å². The number of carbonyl (C=O) groups excluding carboxylic acids is 2. The van der Waals surface area contributed by atoms with Crippen molar-refractivity contribution in [2.45, 2.75) is 211 Å². The summed E-state index contributed by atoms with van der Waals surface area (Å²) in [5.74, 6) is -1.67. The van der Waals surface area contributed by atoms with Gasteiger partial charge in [-0.1, -0.05) is 27.7 Å². The Balaban J connectivity index is 1.15. The van der Waals surface area contributed by atoms with Gasteiger partial charge in [-0.05, 0) is 117 Å². The molecule has 0 aromatic rings. The number of aliphatic hydroxyl groups is 7. The monoisotopic (exact) mass is 868 g/mol. The Labute approximate surface area is 358 Å². The van der Waals surface area contributed by atoms with Gasteiger partial charge in [-0.3, -0.25) is 9.59 Å². The topological polar surface area (TPSA) is 240 Å².